The molecule has 0 aliphatic carbocycles. The van der Waals surface area contributed by atoms with Gasteiger partial charge in [-0.15, -0.1) is 11.3 Å². The van der Waals surface area contributed by atoms with Gasteiger partial charge in [-0.25, -0.2) is 0 Å². The SMILES string of the molecule is CC(C)CC(=O)NCc1ccc(C(O)c2ccccc2)s1. The summed E-state index contributed by atoms with van der Waals surface area (Å²) in [7, 11) is 0. The number of aliphatic hydroxyl groups excluding tert-OH is 1. The predicted molar refractivity (Wildman–Crippen MR) is 86.1 cm³/mol. The lowest BCUT2D eigenvalue weighted by atomic mass is 10.1. The fourth-order valence-corrected chi connectivity index (χ4v) is 3.03. The Kier molecular flexibility index (Phi) is 5.53. The van der Waals surface area contributed by atoms with Gasteiger partial charge in [0, 0.05) is 16.2 Å². The molecule has 1 aromatic heterocycles. The molecule has 3 nitrogen and oxygen atoms in total. The number of aliphatic hydroxyl groups is 1. The van der Waals surface area contributed by atoms with E-state index in [4.69, 9.17) is 0 Å². The minimum atomic E-state index is -0.601. The predicted octanol–water partition coefficient (Wildman–Crippen LogP) is 3.49. The highest BCUT2D eigenvalue weighted by atomic mass is 32.1. The number of hydrogen-bond acceptors (Lipinski definition) is 3. The van der Waals surface area contributed by atoms with Crippen LogP contribution in [0.25, 0.3) is 0 Å². The Morgan fingerprint density at radius 3 is 2.57 bits per heavy atom. The van der Waals surface area contributed by atoms with Gasteiger partial charge in [0.2, 0.25) is 5.91 Å². The molecule has 0 saturated carbocycles. The Morgan fingerprint density at radius 1 is 1.19 bits per heavy atom. The number of carbonyl (C=O) groups excluding carboxylic acids is 1. The van der Waals surface area contributed by atoms with E-state index in [0.717, 1.165) is 15.3 Å². The lowest BCUT2D eigenvalue weighted by molar-refractivity contribution is -0.121. The molecule has 1 amide bonds. The van der Waals surface area contributed by atoms with Crippen molar-refractivity contribution in [3.05, 3.63) is 57.8 Å². The van der Waals surface area contributed by atoms with Crippen LogP contribution in [0.3, 0.4) is 0 Å². The number of rotatable bonds is 6. The van der Waals surface area contributed by atoms with Gasteiger partial charge >= 0.3 is 0 Å². The number of thiophene rings is 1. The second-order valence-electron chi connectivity index (χ2n) is 5.49. The summed E-state index contributed by atoms with van der Waals surface area (Å²) >= 11 is 1.53. The zero-order chi connectivity index (χ0) is 15.2. The smallest absolute Gasteiger partial charge is 0.220 e. The number of amides is 1. The van der Waals surface area contributed by atoms with Crippen molar-refractivity contribution in [2.45, 2.75) is 32.9 Å². The lowest BCUT2D eigenvalue weighted by Gasteiger charge is -2.08. The van der Waals surface area contributed by atoms with Crippen LogP contribution in [0.4, 0.5) is 0 Å². The van der Waals surface area contributed by atoms with E-state index in [9.17, 15) is 9.90 Å². The Balaban J connectivity index is 1.94. The quantitative estimate of drug-likeness (QED) is 0.858. The van der Waals surface area contributed by atoms with Crippen LogP contribution in [0.1, 0.15) is 41.7 Å². The second-order valence-corrected chi connectivity index (χ2v) is 6.69. The van der Waals surface area contributed by atoms with E-state index in [1.807, 2.05) is 56.3 Å². The minimum Gasteiger partial charge on any atom is -0.383 e. The van der Waals surface area contributed by atoms with Crippen LogP contribution in [-0.4, -0.2) is 11.0 Å². The normalized spacial score (nSPS) is 12.4. The third-order valence-electron chi connectivity index (χ3n) is 3.12. The van der Waals surface area contributed by atoms with Crippen LogP contribution in [0.2, 0.25) is 0 Å². The van der Waals surface area contributed by atoms with Crippen LogP contribution in [-0.2, 0) is 11.3 Å². The Bertz CT molecular complexity index is 577. The molecule has 2 rings (SSSR count). The van der Waals surface area contributed by atoms with Crippen molar-refractivity contribution in [1.29, 1.82) is 0 Å². The minimum absolute atomic E-state index is 0.0727. The fraction of sp³-hybridized carbons (Fsp3) is 0.353. The summed E-state index contributed by atoms with van der Waals surface area (Å²) in [5.41, 5.74) is 0.884. The molecule has 1 heterocycles. The zero-order valence-electron chi connectivity index (χ0n) is 12.4. The van der Waals surface area contributed by atoms with E-state index in [1.165, 1.54) is 11.3 Å². The van der Waals surface area contributed by atoms with Crippen molar-refractivity contribution in [3.8, 4) is 0 Å². The highest BCUT2D eigenvalue weighted by Gasteiger charge is 2.13. The van der Waals surface area contributed by atoms with E-state index >= 15 is 0 Å². The molecule has 1 atom stereocenters. The summed E-state index contributed by atoms with van der Waals surface area (Å²) in [6.07, 6.45) is -0.0541. The molecule has 0 fully saturated rings. The van der Waals surface area contributed by atoms with Gasteiger partial charge in [0.05, 0.1) is 6.54 Å². The summed E-state index contributed by atoms with van der Waals surface area (Å²) in [5.74, 6) is 0.437. The largest absolute Gasteiger partial charge is 0.383 e. The molecular formula is C17H21NO2S. The van der Waals surface area contributed by atoms with Gasteiger partial charge in [0.15, 0.2) is 0 Å². The van der Waals surface area contributed by atoms with E-state index in [0.29, 0.717) is 18.9 Å². The number of benzene rings is 1. The van der Waals surface area contributed by atoms with E-state index in [2.05, 4.69) is 5.32 Å². The third-order valence-corrected chi connectivity index (χ3v) is 4.26. The standard InChI is InChI=1S/C17H21NO2S/c1-12(2)10-16(19)18-11-14-8-9-15(21-14)17(20)13-6-4-3-5-7-13/h3-9,12,17,20H,10-11H2,1-2H3,(H,18,19). The van der Waals surface area contributed by atoms with Crippen molar-refractivity contribution in [2.24, 2.45) is 5.92 Å². The van der Waals surface area contributed by atoms with Crippen LogP contribution in [0, 0.1) is 5.92 Å². The van der Waals surface area contributed by atoms with E-state index in [-0.39, 0.29) is 5.91 Å². The molecule has 1 aromatic carbocycles. The maximum absolute atomic E-state index is 11.6. The average Bonchev–Trinajstić information content (AvgIpc) is 2.93. The highest BCUT2D eigenvalue weighted by molar-refractivity contribution is 7.12. The molecule has 2 aromatic rings. The highest BCUT2D eigenvalue weighted by Crippen LogP contribution is 2.28. The van der Waals surface area contributed by atoms with Gasteiger partial charge in [-0.05, 0) is 23.6 Å². The van der Waals surface area contributed by atoms with Gasteiger partial charge < -0.3 is 10.4 Å². The first-order chi connectivity index (χ1) is 10.1. The molecule has 0 aliphatic rings. The summed E-state index contributed by atoms with van der Waals surface area (Å²) in [4.78, 5) is 13.6. The van der Waals surface area contributed by atoms with Crippen LogP contribution >= 0.6 is 11.3 Å². The summed E-state index contributed by atoms with van der Waals surface area (Å²) in [6.45, 7) is 4.58. The molecule has 0 bridgehead atoms. The van der Waals surface area contributed by atoms with Crippen molar-refractivity contribution in [1.82, 2.24) is 5.32 Å². The molecule has 21 heavy (non-hydrogen) atoms. The van der Waals surface area contributed by atoms with Gasteiger partial charge in [0.1, 0.15) is 6.10 Å². The Hall–Kier alpha value is -1.65. The summed E-state index contributed by atoms with van der Waals surface area (Å²) in [5, 5.41) is 13.2. The fourth-order valence-electron chi connectivity index (χ4n) is 2.06. The Labute approximate surface area is 129 Å². The maximum Gasteiger partial charge on any atom is 0.220 e. The third kappa shape index (κ3) is 4.69. The van der Waals surface area contributed by atoms with Gasteiger partial charge in [-0.1, -0.05) is 44.2 Å². The van der Waals surface area contributed by atoms with Crippen LogP contribution in [0.5, 0.6) is 0 Å². The molecule has 2 N–H and O–H groups in total. The number of hydrogen-bond donors (Lipinski definition) is 2. The topological polar surface area (TPSA) is 49.3 Å². The molecular weight excluding hydrogens is 282 g/mol. The number of carbonyl (C=O) groups is 1. The van der Waals surface area contributed by atoms with Crippen molar-refractivity contribution >= 4 is 17.2 Å². The second kappa shape index (κ2) is 7.38. The Morgan fingerprint density at radius 2 is 1.90 bits per heavy atom. The first kappa shape index (κ1) is 15.7. The van der Waals surface area contributed by atoms with Crippen molar-refractivity contribution in [2.75, 3.05) is 0 Å². The maximum atomic E-state index is 11.6. The lowest BCUT2D eigenvalue weighted by Crippen LogP contribution is -2.23. The first-order valence-corrected chi connectivity index (χ1v) is 7.96. The monoisotopic (exact) mass is 303 g/mol. The molecule has 0 radical (unpaired) electrons. The van der Waals surface area contributed by atoms with Crippen LogP contribution < -0.4 is 5.32 Å². The summed E-state index contributed by atoms with van der Waals surface area (Å²) in [6, 6.07) is 13.5. The molecule has 1 unspecified atom stereocenters. The zero-order valence-corrected chi connectivity index (χ0v) is 13.2. The average molecular weight is 303 g/mol. The van der Waals surface area contributed by atoms with Gasteiger partial charge in [-0.2, -0.15) is 0 Å². The first-order valence-electron chi connectivity index (χ1n) is 7.14. The molecule has 0 aliphatic heterocycles. The van der Waals surface area contributed by atoms with Crippen molar-refractivity contribution in [3.63, 3.8) is 0 Å². The van der Waals surface area contributed by atoms with Gasteiger partial charge in [0.25, 0.3) is 0 Å². The van der Waals surface area contributed by atoms with Gasteiger partial charge in [-0.3, -0.25) is 4.79 Å². The molecule has 4 heteroatoms. The molecule has 0 spiro atoms. The summed E-state index contributed by atoms with van der Waals surface area (Å²) < 4.78 is 0. The molecule has 112 valence electrons. The van der Waals surface area contributed by atoms with Crippen molar-refractivity contribution < 1.29 is 9.90 Å². The number of nitrogens with one attached hydrogen (secondary N) is 1. The van der Waals surface area contributed by atoms with E-state index in [1.54, 1.807) is 0 Å². The van der Waals surface area contributed by atoms with E-state index < -0.39 is 6.10 Å². The molecule has 0 saturated heterocycles. The van der Waals surface area contributed by atoms with Crippen LogP contribution in [0.15, 0.2) is 42.5 Å².